The van der Waals surface area contributed by atoms with E-state index < -0.39 is 4.33 Å². The van der Waals surface area contributed by atoms with Crippen molar-refractivity contribution in [1.29, 1.82) is 0 Å². The average Bonchev–Trinajstić information content (AvgIpc) is 2.98. The minimum atomic E-state index is -0.851. The molecule has 1 N–H and O–H groups in total. The average molecular weight is 286 g/mol. The molecule has 18 heavy (non-hydrogen) atoms. The monoisotopic (exact) mass is 285 g/mol. The van der Waals surface area contributed by atoms with Crippen LogP contribution in [0.4, 0.5) is 0 Å². The first-order chi connectivity index (χ1) is 8.44. The number of amides is 1. The highest BCUT2D eigenvalue weighted by molar-refractivity contribution is 6.52. The normalized spacial score (nSPS) is 22.3. The first-order valence-corrected chi connectivity index (χ1v) is 6.96. The van der Waals surface area contributed by atoms with Crippen LogP contribution >= 0.6 is 23.2 Å². The van der Waals surface area contributed by atoms with Crippen molar-refractivity contribution in [3.8, 4) is 0 Å². The van der Waals surface area contributed by atoms with Gasteiger partial charge in [-0.25, -0.2) is 0 Å². The van der Waals surface area contributed by atoms with Crippen LogP contribution in [-0.2, 0) is 11.2 Å². The van der Waals surface area contributed by atoms with Crippen molar-refractivity contribution >= 4 is 29.1 Å². The van der Waals surface area contributed by atoms with E-state index in [2.05, 4.69) is 24.4 Å². The highest BCUT2D eigenvalue weighted by Gasteiger charge is 2.56. The summed E-state index contributed by atoms with van der Waals surface area (Å²) in [5, 5.41) is 2.94. The maximum absolute atomic E-state index is 11.8. The van der Waals surface area contributed by atoms with Crippen LogP contribution in [0.2, 0.25) is 0 Å². The molecule has 1 aromatic rings. The van der Waals surface area contributed by atoms with Gasteiger partial charge < -0.3 is 5.32 Å². The number of nitrogens with one attached hydrogen (secondary N) is 1. The fourth-order valence-corrected chi connectivity index (χ4v) is 2.44. The molecule has 0 spiro atoms. The number of alkyl halides is 2. The lowest BCUT2D eigenvalue weighted by molar-refractivity contribution is -0.123. The zero-order valence-electron chi connectivity index (χ0n) is 10.5. The molecule has 0 radical (unpaired) electrons. The van der Waals surface area contributed by atoms with E-state index in [4.69, 9.17) is 23.2 Å². The Hall–Kier alpha value is -0.730. The Labute approximate surface area is 118 Å². The maximum atomic E-state index is 11.8. The molecule has 4 heteroatoms. The molecule has 98 valence electrons. The summed E-state index contributed by atoms with van der Waals surface area (Å²) in [5.74, 6) is -0.328. The maximum Gasteiger partial charge on any atom is 0.226 e. The smallest absolute Gasteiger partial charge is 0.226 e. The third kappa shape index (κ3) is 2.99. The summed E-state index contributed by atoms with van der Waals surface area (Å²) < 4.78 is -0.851. The number of benzene rings is 1. The fraction of sp³-hybridized carbons (Fsp3) is 0.500. The van der Waals surface area contributed by atoms with Gasteiger partial charge in [0.05, 0.1) is 12.0 Å². The molecule has 1 saturated carbocycles. The van der Waals surface area contributed by atoms with Crippen LogP contribution < -0.4 is 5.32 Å². The van der Waals surface area contributed by atoms with Crippen LogP contribution in [-0.4, -0.2) is 10.2 Å². The molecular weight excluding hydrogens is 269 g/mol. The van der Waals surface area contributed by atoms with E-state index in [1.165, 1.54) is 5.56 Å². The quantitative estimate of drug-likeness (QED) is 0.841. The molecule has 1 aliphatic carbocycles. The summed E-state index contributed by atoms with van der Waals surface area (Å²) >= 11 is 11.8. The highest BCUT2D eigenvalue weighted by atomic mass is 35.5. The Bertz CT molecular complexity index is 442. The van der Waals surface area contributed by atoms with Crippen molar-refractivity contribution in [3.05, 3.63) is 35.4 Å². The molecule has 1 aromatic carbocycles. The van der Waals surface area contributed by atoms with Crippen LogP contribution in [0.15, 0.2) is 24.3 Å². The minimum absolute atomic E-state index is 0.0202. The third-order valence-electron chi connectivity index (χ3n) is 3.39. The predicted octanol–water partition coefficient (Wildman–Crippen LogP) is 3.62. The molecule has 1 aliphatic rings. The number of hydrogen-bond acceptors (Lipinski definition) is 1. The molecule has 2 unspecified atom stereocenters. The SMILES string of the molecule is CCc1ccc(C(C)NC(=O)C2CC2(Cl)Cl)cc1. The van der Waals surface area contributed by atoms with Gasteiger partial charge in [-0.15, -0.1) is 23.2 Å². The number of aryl methyl sites for hydroxylation is 1. The van der Waals surface area contributed by atoms with E-state index in [1.54, 1.807) is 0 Å². The minimum Gasteiger partial charge on any atom is -0.349 e. The largest absolute Gasteiger partial charge is 0.349 e. The van der Waals surface area contributed by atoms with Crippen molar-refractivity contribution in [1.82, 2.24) is 5.32 Å². The first kappa shape index (κ1) is 13.7. The van der Waals surface area contributed by atoms with E-state index in [9.17, 15) is 4.79 Å². The lowest BCUT2D eigenvalue weighted by Crippen LogP contribution is -2.29. The van der Waals surface area contributed by atoms with Crippen LogP contribution in [0, 0.1) is 5.92 Å². The first-order valence-electron chi connectivity index (χ1n) is 6.21. The van der Waals surface area contributed by atoms with Crippen LogP contribution in [0.3, 0.4) is 0 Å². The second kappa shape index (κ2) is 5.10. The van der Waals surface area contributed by atoms with Gasteiger partial charge in [0.1, 0.15) is 4.33 Å². The van der Waals surface area contributed by atoms with Crippen molar-refractivity contribution in [2.24, 2.45) is 5.92 Å². The summed E-state index contributed by atoms with van der Waals surface area (Å²) in [7, 11) is 0. The second-order valence-corrected chi connectivity index (χ2v) is 6.39. The van der Waals surface area contributed by atoms with E-state index in [-0.39, 0.29) is 17.9 Å². The molecule has 0 saturated heterocycles. The second-order valence-electron chi connectivity index (χ2n) is 4.84. The summed E-state index contributed by atoms with van der Waals surface area (Å²) in [4.78, 5) is 11.8. The lowest BCUT2D eigenvalue weighted by Gasteiger charge is -2.15. The fourth-order valence-electron chi connectivity index (χ4n) is 1.94. The van der Waals surface area contributed by atoms with Crippen molar-refractivity contribution < 1.29 is 4.79 Å². The molecule has 0 aromatic heterocycles. The Morgan fingerprint density at radius 2 is 2.00 bits per heavy atom. The molecule has 0 heterocycles. The molecule has 2 nitrogen and oxygen atoms in total. The van der Waals surface area contributed by atoms with Gasteiger partial charge in [-0.05, 0) is 30.9 Å². The van der Waals surface area contributed by atoms with Crippen LogP contribution in [0.5, 0.6) is 0 Å². The summed E-state index contributed by atoms with van der Waals surface area (Å²) in [6.45, 7) is 4.08. The van der Waals surface area contributed by atoms with Gasteiger partial charge in [-0.3, -0.25) is 4.79 Å². The van der Waals surface area contributed by atoms with E-state index >= 15 is 0 Å². The van der Waals surface area contributed by atoms with Crippen molar-refractivity contribution in [3.63, 3.8) is 0 Å². The molecule has 0 bridgehead atoms. The Morgan fingerprint density at radius 1 is 1.44 bits per heavy atom. The third-order valence-corrected chi connectivity index (χ3v) is 4.22. The standard InChI is InChI=1S/C14H17Cl2NO/c1-3-10-4-6-11(7-5-10)9(2)17-13(18)12-8-14(12,15)16/h4-7,9,12H,3,8H2,1-2H3,(H,17,18). The summed E-state index contributed by atoms with van der Waals surface area (Å²) in [6.07, 6.45) is 1.56. The number of rotatable bonds is 4. The number of carbonyl (C=O) groups is 1. The number of hydrogen-bond donors (Lipinski definition) is 1. The topological polar surface area (TPSA) is 29.1 Å². The molecule has 2 atom stereocenters. The predicted molar refractivity (Wildman–Crippen MR) is 74.9 cm³/mol. The Morgan fingerprint density at radius 3 is 2.44 bits per heavy atom. The molecule has 0 aliphatic heterocycles. The zero-order chi connectivity index (χ0) is 13.3. The Kier molecular flexibility index (Phi) is 3.88. The molecule has 2 rings (SSSR count). The number of carbonyl (C=O) groups excluding carboxylic acids is 1. The lowest BCUT2D eigenvalue weighted by atomic mass is 10.0. The van der Waals surface area contributed by atoms with E-state index in [0.717, 1.165) is 12.0 Å². The Balaban J connectivity index is 1.95. The van der Waals surface area contributed by atoms with Gasteiger partial charge in [0.15, 0.2) is 0 Å². The van der Waals surface area contributed by atoms with E-state index in [1.807, 2.05) is 19.1 Å². The van der Waals surface area contributed by atoms with Gasteiger partial charge in [0.25, 0.3) is 0 Å². The summed E-state index contributed by atoms with van der Waals surface area (Å²) in [6, 6.07) is 8.25. The number of halogens is 2. The van der Waals surface area contributed by atoms with Gasteiger partial charge in [0.2, 0.25) is 5.91 Å². The van der Waals surface area contributed by atoms with Crippen molar-refractivity contribution in [2.75, 3.05) is 0 Å². The van der Waals surface area contributed by atoms with E-state index in [0.29, 0.717) is 6.42 Å². The zero-order valence-corrected chi connectivity index (χ0v) is 12.1. The van der Waals surface area contributed by atoms with Crippen LogP contribution in [0.1, 0.15) is 37.4 Å². The molecule has 1 fully saturated rings. The van der Waals surface area contributed by atoms with Crippen molar-refractivity contribution in [2.45, 2.75) is 37.1 Å². The van der Waals surface area contributed by atoms with Gasteiger partial charge in [-0.2, -0.15) is 0 Å². The highest BCUT2D eigenvalue weighted by Crippen LogP contribution is 2.53. The summed E-state index contributed by atoms with van der Waals surface area (Å²) in [5.41, 5.74) is 2.39. The van der Waals surface area contributed by atoms with Gasteiger partial charge >= 0.3 is 0 Å². The van der Waals surface area contributed by atoms with Gasteiger partial charge in [0, 0.05) is 0 Å². The van der Waals surface area contributed by atoms with Gasteiger partial charge in [-0.1, -0.05) is 31.2 Å². The molecule has 1 amide bonds. The van der Waals surface area contributed by atoms with Crippen LogP contribution in [0.25, 0.3) is 0 Å². The molecular formula is C14H17Cl2NO.